The molecule has 13 heavy (non-hydrogen) atoms. The zero-order chi connectivity index (χ0) is 10.1. The monoisotopic (exact) mass is 188 g/mol. The molecule has 0 spiro atoms. The molecule has 2 N–H and O–H groups in total. The summed E-state index contributed by atoms with van der Waals surface area (Å²) in [6, 6.07) is 0. The minimum atomic E-state index is -0.299. The molecular formula is C11H24O2. The van der Waals surface area contributed by atoms with Crippen LogP contribution in [0.1, 0.15) is 58.8 Å². The van der Waals surface area contributed by atoms with E-state index in [1.807, 2.05) is 0 Å². The fraction of sp³-hybridized carbons (Fsp3) is 1.00. The molecule has 0 heterocycles. The van der Waals surface area contributed by atoms with Crippen LogP contribution >= 0.6 is 0 Å². The molecule has 2 nitrogen and oxygen atoms in total. The molecule has 0 amide bonds. The molecule has 0 aromatic heterocycles. The van der Waals surface area contributed by atoms with Crippen molar-refractivity contribution >= 4 is 0 Å². The fourth-order valence-corrected chi connectivity index (χ4v) is 1.43. The van der Waals surface area contributed by atoms with Crippen molar-refractivity contribution in [2.45, 2.75) is 71.0 Å². The van der Waals surface area contributed by atoms with Crippen LogP contribution in [0.25, 0.3) is 0 Å². The van der Waals surface area contributed by atoms with Gasteiger partial charge in [-0.1, -0.05) is 39.5 Å². The molecule has 0 saturated carbocycles. The van der Waals surface area contributed by atoms with Crippen molar-refractivity contribution in [3.63, 3.8) is 0 Å². The third-order valence-corrected chi connectivity index (χ3v) is 2.33. The molecule has 0 aromatic rings. The maximum Gasteiger partial charge on any atom is 0.0564 e. The van der Waals surface area contributed by atoms with Gasteiger partial charge in [0.05, 0.1) is 12.2 Å². The van der Waals surface area contributed by atoms with E-state index in [0.717, 1.165) is 38.5 Å². The van der Waals surface area contributed by atoms with E-state index in [4.69, 9.17) is 0 Å². The van der Waals surface area contributed by atoms with Crippen LogP contribution in [0, 0.1) is 0 Å². The van der Waals surface area contributed by atoms with Crippen LogP contribution in [0.15, 0.2) is 0 Å². The van der Waals surface area contributed by atoms with E-state index in [1.165, 1.54) is 0 Å². The maximum absolute atomic E-state index is 9.49. The highest BCUT2D eigenvalue weighted by Crippen LogP contribution is 2.11. The van der Waals surface area contributed by atoms with Gasteiger partial charge in [-0.05, 0) is 19.3 Å². The molecule has 2 atom stereocenters. The molecule has 0 radical (unpaired) electrons. The number of aliphatic hydroxyl groups is 2. The van der Waals surface area contributed by atoms with Crippen molar-refractivity contribution in [3.8, 4) is 0 Å². The molecular weight excluding hydrogens is 164 g/mol. The predicted octanol–water partition coefficient (Wildman–Crippen LogP) is 2.48. The third kappa shape index (κ3) is 8.26. The van der Waals surface area contributed by atoms with Crippen molar-refractivity contribution in [3.05, 3.63) is 0 Å². The maximum atomic E-state index is 9.49. The van der Waals surface area contributed by atoms with E-state index < -0.39 is 0 Å². The van der Waals surface area contributed by atoms with E-state index in [9.17, 15) is 10.2 Å². The Morgan fingerprint density at radius 1 is 0.846 bits per heavy atom. The average molecular weight is 188 g/mol. The summed E-state index contributed by atoms with van der Waals surface area (Å²) in [6.07, 6.45) is 5.96. The second kappa shape index (κ2) is 8.52. The van der Waals surface area contributed by atoms with Gasteiger partial charge in [-0.15, -0.1) is 0 Å². The van der Waals surface area contributed by atoms with Gasteiger partial charge in [0.2, 0.25) is 0 Å². The Hall–Kier alpha value is -0.0800. The summed E-state index contributed by atoms with van der Waals surface area (Å²) in [5, 5.41) is 19.0. The highest BCUT2D eigenvalue weighted by Gasteiger charge is 2.10. The van der Waals surface area contributed by atoms with Gasteiger partial charge in [-0.2, -0.15) is 0 Å². The summed E-state index contributed by atoms with van der Waals surface area (Å²) in [7, 11) is 0. The molecule has 0 saturated heterocycles. The van der Waals surface area contributed by atoms with Gasteiger partial charge in [-0.3, -0.25) is 0 Å². The molecule has 0 unspecified atom stereocenters. The van der Waals surface area contributed by atoms with Gasteiger partial charge in [0, 0.05) is 0 Å². The standard InChI is InChI=1S/C11H24O2/c1-3-5-7-10(12)9-11(13)8-6-4-2/h10-13H,3-9H2,1-2H3/t10-,11-/m0/s1. The minimum absolute atomic E-state index is 0.299. The number of rotatable bonds is 8. The van der Waals surface area contributed by atoms with Gasteiger partial charge in [-0.25, -0.2) is 0 Å². The van der Waals surface area contributed by atoms with Crippen molar-refractivity contribution in [2.24, 2.45) is 0 Å². The van der Waals surface area contributed by atoms with Crippen LogP contribution in [0.5, 0.6) is 0 Å². The normalized spacial score (nSPS) is 15.7. The van der Waals surface area contributed by atoms with Crippen molar-refractivity contribution in [2.75, 3.05) is 0 Å². The van der Waals surface area contributed by atoms with Crippen LogP contribution in [-0.4, -0.2) is 22.4 Å². The topological polar surface area (TPSA) is 40.5 Å². The first-order valence-corrected chi connectivity index (χ1v) is 5.56. The lowest BCUT2D eigenvalue weighted by molar-refractivity contribution is 0.0686. The Bertz CT molecular complexity index is 92.3. The van der Waals surface area contributed by atoms with Crippen LogP contribution in [0.2, 0.25) is 0 Å². The molecule has 0 bridgehead atoms. The fourth-order valence-electron chi connectivity index (χ4n) is 1.43. The second-order valence-corrected chi connectivity index (χ2v) is 3.83. The number of hydrogen-bond donors (Lipinski definition) is 2. The van der Waals surface area contributed by atoms with Crippen molar-refractivity contribution in [1.82, 2.24) is 0 Å². The Morgan fingerprint density at radius 2 is 1.23 bits per heavy atom. The Balaban J connectivity index is 3.35. The average Bonchev–Trinajstić information content (AvgIpc) is 2.11. The number of aliphatic hydroxyl groups excluding tert-OH is 2. The first-order valence-electron chi connectivity index (χ1n) is 5.56. The molecule has 80 valence electrons. The summed E-state index contributed by atoms with van der Waals surface area (Å²) in [6.45, 7) is 4.22. The molecule has 2 heteroatoms. The molecule has 0 aliphatic carbocycles. The summed E-state index contributed by atoms with van der Waals surface area (Å²) in [5.41, 5.74) is 0. The molecule has 0 aromatic carbocycles. The van der Waals surface area contributed by atoms with Crippen molar-refractivity contribution in [1.29, 1.82) is 0 Å². The molecule has 0 aliphatic rings. The smallest absolute Gasteiger partial charge is 0.0564 e. The largest absolute Gasteiger partial charge is 0.393 e. The summed E-state index contributed by atoms with van der Waals surface area (Å²) in [5.74, 6) is 0. The van der Waals surface area contributed by atoms with E-state index in [0.29, 0.717) is 6.42 Å². The van der Waals surface area contributed by atoms with Gasteiger partial charge >= 0.3 is 0 Å². The highest BCUT2D eigenvalue weighted by molar-refractivity contribution is 4.63. The van der Waals surface area contributed by atoms with Crippen molar-refractivity contribution < 1.29 is 10.2 Å². The highest BCUT2D eigenvalue weighted by atomic mass is 16.3. The van der Waals surface area contributed by atoms with E-state index >= 15 is 0 Å². The van der Waals surface area contributed by atoms with Gasteiger partial charge in [0.25, 0.3) is 0 Å². The lowest BCUT2D eigenvalue weighted by Gasteiger charge is -2.14. The molecule has 0 rings (SSSR count). The number of hydrogen-bond acceptors (Lipinski definition) is 2. The predicted molar refractivity (Wildman–Crippen MR) is 55.7 cm³/mol. The first kappa shape index (κ1) is 12.9. The first-order chi connectivity index (χ1) is 6.20. The summed E-state index contributed by atoms with van der Waals surface area (Å²) in [4.78, 5) is 0. The quantitative estimate of drug-likeness (QED) is 0.614. The van der Waals surface area contributed by atoms with E-state index in [-0.39, 0.29) is 12.2 Å². The number of unbranched alkanes of at least 4 members (excludes halogenated alkanes) is 2. The van der Waals surface area contributed by atoms with Gasteiger partial charge < -0.3 is 10.2 Å². The lowest BCUT2D eigenvalue weighted by atomic mass is 10.0. The van der Waals surface area contributed by atoms with Crippen LogP contribution in [-0.2, 0) is 0 Å². The molecule has 0 fully saturated rings. The lowest BCUT2D eigenvalue weighted by Crippen LogP contribution is -2.17. The zero-order valence-electron chi connectivity index (χ0n) is 9.00. The minimum Gasteiger partial charge on any atom is -0.393 e. The SMILES string of the molecule is CCCC[C@H](O)C[C@@H](O)CCCC. The van der Waals surface area contributed by atoms with Crippen LogP contribution in [0.4, 0.5) is 0 Å². The second-order valence-electron chi connectivity index (χ2n) is 3.83. The van der Waals surface area contributed by atoms with Gasteiger partial charge in [0.15, 0.2) is 0 Å². The van der Waals surface area contributed by atoms with Crippen LogP contribution < -0.4 is 0 Å². The Morgan fingerprint density at radius 3 is 1.54 bits per heavy atom. The van der Waals surface area contributed by atoms with Crippen LogP contribution in [0.3, 0.4) is 0 Å². The van der Waals surface area contributed by atoms with E-state index in [2.05, 4.69) is 13.8 Å². The summed E-state index contributed by atoms with van der Waals surface area (Å²) >= 11 is 0. The third-order valence-electron chi connectivity index (χ3n) is 2.33. The zero-order valence-corrected chi connectivity index (χ0v) is 9.00. The Kier molecular flexibility index (Phi) is 8.46. The molecule has 0 aliphatic heterocycles. The van der Waals surface area contributed by atoms with E-state index in [1.54, 1.807) is 0 Å². The summed E-state index contributed by atoms with van der Waals surface area (Å²) < 4.78 is 0. The van der Waals surface area contributed by atoms with Gasteiger partial charge in [0.1, 0.15) is 0 Å². The Labute approximate surface area is 82.0 Å².